The normalized spacial score (nSPS) is 15.8. The third kappa shape index (κ3) is 2.88. The van der Waals surface area contributed by atoms with Crippen LogP contribution in [0.3, 0.4) is 0 Å². The number of pyridine rings is 1. The van der Waals surface area contributed by atoms with Crippen LogP contribution in [0, 0.1) is 6.92 Å². The third-order valence-corrected chi connectivity index (χ3v) is 5.67. The number of aromatic amines is 1. The Morgan fingerprint density at radius 1 is 1.19 bits per heavy atom. The Balaban J connectivity index is 1.41. The zero-order valence-corrected chi connectivity index (χ0v) is 17.1. The summed E-state index contributed by atoms with van der Waals surface area (Å²) in [5.74, 6) is 0.363. The molecule has 1 aliphatic heterocycles. The lowest BCUT2D eigenvalue weighted by Gasteiger charge is -2.33. The Morgan fingerprint density at radius 3 is 2.91 bits per heavy atom. The monoisotopic (exact) mass is 426 g/mol. The molecule has 0 spiro atoms. The quantitative estimate of drug-likeness (QED) is 0.471. The number of H-pyrrole nitrogens is 1. The molecule has 0 fully saturated rings. The maximum atomic E-state index is 13.5. The van der Waals surface area contributed by atoms with Crippen molar-refractivity contribution < 1.29 is 9.21 Å². The number of hydrogen-bond acceptors (Lipinski definition) is 7. The van der Waals surface area contributed by atoms with Crippen LogP contribution in [0.5, 0.6) is 0 Å². The van der Waals surface area contributed by atoms with E-state index in [2.05, 4.69) is 24.9 Å². The van der Waals surface area contributed by atoms with E-state index in [1.165, 1.54) is 6.20 Å². The average Bonchev–Trinajstić information content (AvgIpc) is 3.58. The minimum absolute atomic E-state index is 0.122. The maximum Gasteiger partial charge on any atom is 0.292 e. The minimum Gasteiger partial charge on any atom is -0.428 e. The van der Waals surface area contributed by atoms with Crippen molar-refractivity contribution in [2.75, 3.05) is 6.54 Å². The highest BCUT2D eigenvalue weighted by molar-refractivity contribution is 5.92. The van der Waals surface area contributed by atoms with Gasteiger partial charge in [0, 0.05) is 37.3 Å². The van der Waals surface area contributed by atoms with E-state index in [1.807, 2.05) is 35.8 Å². The number of oxazole rings is 1. The highest BCUT2D eigenvalue weighted by atomic mass is 16.4. The van der Waals surface area contributed by atoms with Gasteiger partial charge >= 0.3 is 0 Å². The molecule has 10 heteroatoms. The summed E-state index contributed by atoms with van der Waals surface area (Å²) < 4.78 is 7.56. The average molecular weight is 426 g/mol. The molecule has 1 amide bonds. The Kier molecular flexibility index (Phi) is 4.10. The van der Waals surface area contributed by atoms with E-state index in [4.69, 9.17) is 9.52 Å². The number of hydrogen-bond donors (Lipinski definition) is 1. The lowest BCUT2D eigenvalue weighted by atomic mass is 9.99. The highest BCUT2D eigenvalue weighted by Gasteiger charge is 2.37. The SMILES string of the molecule is Cc1cccn2nc(C3c4nc[nH]c4CCN3C(=O)c3cnc(-c4ncccn4)o3)cc12. The summed E-state index contributed by atoms with van der Waals surface area (Å²) in [4.78, 5) is 35.4. The molecule has 0 aromatic carbocycles. The maximum absolute atomic E-state index is 13.5. The first kappa shape index (κ1) is 18.4. The van der Waals surface area contributed by atoms with Crippen LogP contribution >= 0.6 is 0 Å². The molecule has 0 saturated carbocycles. The van der Waals surface area contributed by atoms with E-state index in [9.17, 15) is 4.79 Å². The molecule has 5 aromatic heterocycles. The molecular formula is C22H18N8O2. The second-order valence-corrected chi connectivity index (χ2v) is 7.61. The highest BCUT2D eigenvalue weighted by Crippen LogP contribution is 2.34. The van der Waals surface area contributed by atoms with Crippen molar-refractivity contribution in [1.82, 2.24) is 39.4 Å². The smallest absolute Gasteiger partial charge is 0.292 e. The second kappa shape index (κ2) is 7.12. The number of carbonyl (C=O) groups is 1. The van der Waals surface area contributed by atoms with Gasteiger partial charge in [-0.3, -0.25) is 4.79 Å². The van der Waals surface area contributed by atoms with Gasteiger partial charge in [0.25, 0.3) is 11.8 Å². The van der Waals surface area contributed by atoms with Gasteiger partial charge < -0.3 is 14.3 Å². The summed E-state index contributed by atoms with van der Waals surface area (Å²) in [6, 6.07) is 7.25. The van der Waals surface area contributed by atoms with E-state index in [1.54, 1.807) is 29.7 Å². The number of carbonyl (C=O) groups excluding carboxylic acids is 1. The lowest BCUT2D eigenvalue weighted by Crippen LogP contribution is -2.40. The van der Waals surface area contributed by atoms with Crippen molar-refractivity contribution >= 4 is 11.4 Å². The lowest BCUT2D eigenvalue weighted by molar-refractivity contribution is 0.0655. The van der Waals surface area contributed by atoms with Crippen LogP contribution in [0.2, 0.25) is 0 Å². The zero-order chi connectivity index (χ0) is 21.7. The summed E-state index contributed by atoms with van der Waals surface area (Å²) in [6.07, 6.45) is 8.82. The van der Waals surface area contributed by atoms with E-state index in [0.717, 1.165) is 28.2 Å². The zero-order valence-electron chi connectivity index (χ0n) is 17.1. The summed E-state index contributed by atoms with van der Waals surface area (Å²) in [7, 11) is 0. The molecule has 0 aliphatic carbocycles. The molecule has 32 heavy (non-hydrogen) atoms. The summed E-state index contributed by atoms with van der Waals surface area (Å²) >= 11 is 0. The molecule has 158 valence electrons. The Hall–Kier alpha value is -4.34. The molecule has 1 unspecified atom stereocenters. The number of rotatable bonds is 3. The summed E-state index contributed by atoms with van der Waals surface area (Å²) in [6.45, 7) is 2.52. The molecule has 6 rings (SSSR count). The van der Waals surface area contributed by atoms with Crippen molar-refractivity contribution in [3.63, 3.8) is 0 Å². The van der Waals surface area contributed by atoms with Crippen molar-refractivity contribution in [3.8, 4) is 11.7 Å². The summed E-state index contributed by atoms with van der Waals surface area (Å²) in [5.41, 5.74) is 4.62. The van der Waals surface area contributed by atoms with Crippen molar-refractivity contribution in [2.24, 2.45) is 0 Å². The van der Waals surface area contributed by atoms with Crippen molar-refractivity contribution in [3.05, 3.63) is 83.8 Å². The number of aryl methyl sites for hydroxylation is 1. The van der Waals surface area contributed by atoms with Gasteiger partial charge in [0.2, 0.25) is 11.6 Å². The molecule has 10 nitrogen and oxygen atoms in total. The van der Waals surface area contributed by atoms with Crippen LogP contribution in [0.1, 0.15) is 39.2 Å². The van der Waals surface area contributed by atoms with Gasteiger partial charge in [0.15, 0.2) is 0 Å². The predicted molar refractivity (Wildman–Crippen MR) is 113 cm³/mol. The van der Waals surface area contributed by atoms with Crippen LogP contribution < -0.4 is 0 Å². The standard InChI is InChI=1S/C22H18N8O2/c1-13-4-2-8-30-16(13)10-15(28-30)19-18-14(26-12-27-18)5-9-29(19)22(31)17-11-25-21(32-17)20-23-6-3-7-24-20/h2-4,6-8,10-12,19H,5,9H2,1H3,(H,26,27). The fraction of sp³-hybridized carbons (Fsp3) is 0.182. The molecule has 1 aliphatic rings. The largest absolute Gasteiger partial charge is 0.428 e. The molecule has 0 bridgehead atoms. The van der Waals surface area contributed by atoms with Crippen LogP contribution in [0.15, 0.2) is 59.8 Å². The van der Waals surface area contributed by atoms with Gasteiger partial charge in [-0.2, -0.15) is 5.10 Å². The summed E-state index contributed by atoms with van der Waals surface area (Å²) in [5, 5.41) is 4.76. The number of nitrogens with zero attached hydrogens (tertiary/aromatic N) is 7. The fourth-order valence-corrected chi connectivity index (χ4v) is 4.13. The molecule has 1 atom stereocenters. The van der Waals surface area contributed by atoms with Crippen LogP contribution in [-0.4, -0.2) is 51.9 Å². The Morgan fingerprint density at radius 2 is 2.06 bits per heavy atom. The van der Waals surface area contributed by atoms with E-state index >= 15 is 0 Å². The first-order valence-corrected chi connectivity index (χ1v) is 10.2. The second-order valence-electron chi connectivity index (χ2n) is 7.61. The first-order valence-electron chi connectivity index (χ1n) is 10.2. The van der Waals surface area contributed by atoms with Crippen LogP contribution in [0.4, 0.5) is 0 Å². The van der Waals surface area contributed by atoms with Crippen LogP contribution in [0.25, 0.3) is 17.2 Å². The van der Waals surface area contributed by atoms with Crippen LogP contribution in [-0.2, 0) is 6.42 Å². The van der Waals surface area contributed by atoms with E-state index in [0.29, 0.717) is 18.8 Å². The van der Waals surface area contributed by atoms with Gasteiger partial charge in [-0.05, 0) is 30.7 Å². The Bertz CT molecular complexity index is 1430. The first-order chi connectivity index (χ1) is 15.7. The topological polar surface area (TPSA) is 118 Å². The number of nitrogens with one attached hydrogen (secondary N) is 1. The van der Waals surface area contributed by atoms with Gasteiger partial charge in [0.05, 0.1) is 29.4 Å². The van der Waals surface area contributed by atoms with E-state index in [-0.39, 0.29) is 17.6 Å². The predicted octanol–water partition coefficient (Wildman–Crippen LogP) is 2.60. The fourth-order valence-electron chi connectivity index (χ4n) is 4.13. The number of fused-ring (bicyclic) bond motifs is 2. The van der Waals surface area contributed by atoms with Gasteiger partial charge in [-0.15, -0.1) is 0 Å². The number of imidazole rings is 1. The third-order valence-electron chi connectivity index (χ3n) is 5.67. The molecule has 5 aromatic rings. The van der Waals surface area contributed by atoms with E-state index < -0.39 is 6.04 Å². The number of aromatic nitrogens is 7. The molecule has 0 radical (unpaired) electrons. The Labute approximate surface area is 182 Å². The van der Waals surface area contributed by atoms with Crippen molar-refractivity contribution in [2.45, 2.75) is 19.4 Å². The van der Waals surface area contributed by atoms with Gasteiger partial charge in [0.1, 0.15) is 6.04 Å². The molecule has 0 saturated heterocycles. The molecular weight excluding hydrogens is 408 g/mol. The number of amides is 1. The van der Waals surface area contributed by atoms with Crippen molar-refractivity contribution in [1.29, 1.82) is 0 Å². The molecule has 6 heterocycles. The van der Waals surface area contributed by atoms with Gasteiger partial charge in [-0.25, -0.2) is 24.5 Å². The van der Waals surface area contributed by atoms with Gasteiger partial charge in [-0.1, -0.05) is 6.07 Å². The molecule has 1 N–H and O–H groups in total. The minimum atomic E-state index is -0.446.